The fourth-order valence-electron chi connectivity index (χ4n) is 2.70. The highest BCUT2D eigenvalue weighted by atomic mass is 16.5. The summed E-state index contributed by atoms with van der Waals surface area (Å²) in [4.78, 5) is 23.5. The predicted molar refractivity (Wildman–Crippen MR) is 74.3 cm³/mol. The first-order valence-corrected chi connectivity index (χ1v) is 6.50. The summed E-state index contributed by atoms with van der Waals surface area (Å²) in [5.41, 5.74) is 1.25. The van der Waals surface area contributed by atoms with Gasteiger partial charge in [-0.25, -0.2) is 4.79 Å². The van der Waals surface area contributed by atoms with Crippen LogP contribution < -0.4 is 0 Å². The number of fused-ring (bicyclic) bond motifs is 1. The van der Waals surface area contributed by atoms with Gasteiger partial charge in [-0.15, -0.1) is 0 Å². The molecule has 0 radical (unpaired) electrons. The highest BCUT2D eigenvalue weighted by Gasteiger charge is 2.34. The quantitative estimate of drug-likeness (QED) is 0.687. The van der Waals surface area contributed by atoms with E-state index in [2.05, 4.69) is 0 Å². The van der Waals surface area contributed by atoms with E-state index in [9.17, 15) is 14.7 Å². The lowest BCUT2D eigenvalue weighted by Crippen LogP contribution is -2.09. The molecule has 0 bridgehead atoms. The van der Waals surface area contributed by atoms with E-state index in [1.165, 1.54) is 7.11 Å². The fraction of sp³-hybridized carbons (Fsp3) is 0.250. The van der Waals surface area contributed by atoms with Gasteiger partial charge in [0.25, 0.3) is 0 Å². The molecule has 102 valence electrons. The number of esters is 1. The van der Waals surface area contributed by atoms with E-state index in [1.807, 2.05) is 0 Å². The molecule has 2 aromatic rings. The van der Waals surface area contributed by atoms with Crippen LogP contribution in [0.5, 0.6) is 5.75 Å². The normalized spacial score (nSPS) is 14.2. The number of phenols is 1. The van der Waals surface area contributed by atoms with Crippen LogP contribution >= 0.6 is 0 Å². The highest BCUT2D eigenvalue weighted by Crippen LogP contribution is 2.48. The maximum atomic E-state index is 12.1. The molecule has 4 heteroatoms. The number of ether oxygens (including phenoxy) is 1. The average molecular weight is 270 g/mol. The zero-order valence-electron chi connectivity index (χ0n) is 11.1. The highest BCUT2D eigenvalue weighted by molar-refractivity contribution is 6.11. The molecule has 1 fully saturated rings. The number of phenolic OH excluding ortho intramolecular Hbond substituents is 1. The Kier molecular flexibility index (Phi) is 2.93. The summed E-state index contributed by atoms with van der Waals surface area (Å²) in [5.74, 6) is -0.365. The van der Waals surface area contributed by atoms with E-state index >= 15 is 0 Å². The number of hydrogen-bond acceptors (Lipinski definition) is 4. The minimum Gasteiger partial charge on any atom is -0.507 e. The largest absolute Gasteiger partial charge is 0.507 e. The molecule has 4 nitrogen and oxygen atoms in total. The molecule has 3 rings (SSSR count). The van der Waals surface area contributed by atoms with Crippen molar-refractivity contribution in [1.82, 2.24) is 0 Å². The van der Waals surface area contributed by atoms with Gasteiger partial charge < -0.3 is 9.84 Å². The Bertz CT molecular complexity index is 714. The maximum absolute atomic E-state index is 12.1. The van der Waals surface area contributed by atoms with E-state index in [4.69, 9.17) is 4.74 Å². The van der Waals surface area contributed by atoms with Gasteiger partial charge in [-0.05, 0) is 24.3 Å². The molecule has 0 atom stereocenters. The molecule has 0 aliphatic heterocycles. The number of rotatable bonds is 3. The SMILES string of the molecule is COC(=O)c1c(C2CC2)c(C=O)c(O)c2ccccc12. The van der Waals surface area contributed by atoms with Crippen LogP contribution in [0.4, 0.5) is 0 Å². The third kappa shape index (κ3) is 1.76. The van der Waals surface area contributed by atoms with Crippen LogP contribution in [0, 0.1) is 0 Å². The van der Waals surface area contributed by atoms with Gasteiger partial charge in [0.1, 0.15) is 5.75 Å². The van der Waals surface area contributed by atoms with E-state index in [0.29, 0.717) is 28.2 Å². The van der Waals surface area contributed by atoms with Crippen LogP contribution in [0.15, 0.2) is 24.3 Å². The first-order valence-electron chi connectivity index (χ1n) is 6.50. The van der Waals surface area contributed by atoms with E-state index in [1.54, 1.807) is 24.3 Å². The smallest absolute Gasteiger partial charge is 0.338 e. The third-order valence-electron chi connectivity index (χ3n) is 3.76. The van der Waals surface area contributed by atoms with Crippen molar-refractivity contribution in [1.29, 1.82) is 0 Å². The van der Waals surface area contributed by atoms with Crippen molar-refractivity contribution in [2.24, 2.45) is 0 Å². The van der Waals surface area contributed by atoms with Gasteiger partial charge in [0.2, 0.25) is 0 Å². The number of carbonyl (C=O) groups excluding carboxylic acids is 2. The predicted octanol–water partition coefficient (Wildman–Crippen LogP) is 3.02. The standard InChI is InChI=1S/C16H14O4/c1-20-16(19)14-10-4-2-3-5-11(10)15(18)12(8-17)13(14)9-6-7-9/h2-5,8-9,18H,6-7H2,1H3. The molecule has 1 N–H and O–H groups in total. The minimum atomic E-state index is -0.466. The monoisotopic (exact) mass is 270 g/mol. The van der Waals surface area contributed by atoms with Crippen LogP contribution in [-0.4, -0.2) is 24.5 Å². The van der Waals surface area contributed by atoms with Crippen LogP contribution in [0.2, 0.25) is 0 Å². The Balaban J connectivity index is 2.47. The second-order valence-corrected chi connectivity index (χ2v) is 4.98. The zero-order valence-corrected chi connectivity index (χ0v) is 11.1. The lowest BCUT2D eigenvalue weighted by molar-refractivity contribution is 0.0601. The summed E-state index contributed by atoms with van der Waals surface area (Å²) >= 11 is 0. The van der Waals surface area contributed by atoms with Crippen molar-refractivity contribution in [2.45, 2.75) is 18.8 Å². The van der Waals surface area contributed by atoms with Gasteiger partial charge in [0, 0.05) is 10.8 Å². The lowest BCUT2D eigenvalue weighted by Gasteiger charge is -2.15. The van der Waals surface area contributed by atoms with Gasteiger partial charge >= 0.3 is 5.97 Å². The van der Waals surface area contributed by atoms with Crippen LogP contribution in [0.25, 0.3) is 10.8 Å². The summed E-state index contributed by atoms with van der Waals surface area (Å²) in [6, 6.07) is 7.02. The zero-order chi connectivity index (χ0) is 14.3. The van der Waals surface area contributed by atoms with E-state index < -0.39 is 5.97 Å². The Morgan fingerprint density at radius 2 is 1.95 bits per heavy atom. The molecule has 1 aliphatic carbocycles. The first-order chi connectivity index (χ1) is 9.69. The van der Waals surface area contributed by atoms with Crippen molar-refractivity contribution in [3.8, 4) is 5.75 Å². The van der Waals surface area contributed by atoms with Gasteiger partial charge in [-0.3, -0.25) is 4.79 Å². The number of benzene rings is 2. The summed E-state index contributed by atoms with van der Waals surface area (Å²) in [5, 5.41) is 11.4. The van der Waals surface area contributed by atoms with E-state index in [-0.39, 0.29) is 17.2 Å². The number of carbonyl (C=O) groups is 2. The minimum absolute atomic E-state index is 0.0508. The molecule has 0 saturated heterocycles. The van der Waals surface area contributed by atoms with Crippen molar-refractivity contribution >= 4 is 23.0 Å². The van der Waals surface area contributed by atoms with Crippen molar-refractivity contribution in [3.63, 3.8) is 0 Å². The summed E-state index contributed by atoms with van der Waals surface area (Å²) in [6.45, 7) is 0. The molecule has 20 heavy (non-hydrogen) atoms. The summed E-state index contributed by atoms with van der Waals surface area (Å²) < 4.78 is 4.87. The lowest BCUT2D eigenvalue weighted by atomic mass is 9.90. The number of hydrogen-bond donors (Lipinski definition) is 1. The fourth-order valence-corrected chi connectivity index (χ4v) is 2.70. The van der Waals surface area contributed by atoms with E-state index in [0.717, 1.165) is 12.8 Å². The average Bonchev–Trinajstić information content (AvgIpc) is 3.31. The molecular formula is C16H14O4. The molecular weight excluding hydrogens is 256 g/mol. The van der Waals surface area contributed by atoms with Crippen LogP contribution in [0.1, 0.15) is 45.0 Å². The number of aromatic hydroxyl groups is 1. The summed E-state index contributed by atoms with van der Waals surface area (Å²) in [7, 11) is 1.32. The Morgan fingerprint density at radius 3 is 2.50 bits per heavy atom. The van der Waals surface area contributed by atoms with Gasteiger partial charge in [0.05, 0.1) is 18.2 Å². The maximum Gasteiger partial charge on any atom is 0.338 e. The van der Waals surface area contributed by atoms with Crippen molar-refractivity contribution in [3.05, 3.63) is 41.0 Å². The number of methoxy groups -OCH3 is 1. The first kappa shape index (κ1) is 12.7. The molecule has 0 heterocycles. The van der Waals surface area contributed by atoms with Crippen LogP contribution in [0.3, 0.4) is 0 Å². The van der Waals surface area contributed by atoms with Crippen molar-refractivity contribution < 1.29 is 19.4 Å². The van der Waals surface area contributed by atoms with Gasteiger partial charge in [-0.2, -0.15) is 0 Å². The Morgan fingerprint density at radius 1 is 1.30 bits per heavy atom. The van der Waals surface area contributed by atoms with Crippen LogP contribution in [-0.2, 0) is 4.74 Å². The van der Waals surface area contributed by atoms with Gasteiger partial charge in [0.15, 0.2) is 6.29 Å². The second kappa shape index (κ2) is 4.63. The molecule has 0 spiro atoms. The molecule has 0 unspecified atom stereocenters. The number of aldehydes is 1. The topological polar surface area (TPSA) is 63.6 Å². The summed E-state index contributed by atoms with van der Waals surface area (Å²) in [6.07, 6.45) is 2.47. The molecule has 0 amide bonds. The Labute approximate surface area is 116 Å². The molecule has 2 aromatic carbocycles. The Hall–Kier alpha value is -2.36. The molecule has 1 aliphatic rings. The van der Waals surface area contributed by atoms with Crippen molar-refractivity contribution in [2.75, 3.05) is 7.11 Å². The second-order valence-electron chi connectivity index (χ2n) is 4.98. The molecule has 0 aromatic heterocycles. The van der Waals surface area contributed by atoms with Gasteiger partial charge in [-0.1, -0.05) is 24.3 Å². The molecule has 1 saturated carbocycles. The third-order valence-corrected chi connectivity index (χ3v) is 3.76.